The number of nitrogens with zero attached hydrogens (tertiary/aromatic N) is 3. The highest BCUT2D eigenvalue weighted by Gasteiger charge is 2.26. The highest BCUT2D eigenvalue weighted by Crippen LogP contribution is 2.41. The van der Waals surface area contributed by atoms with Crippen molar-refractivity contribution < 1.29 is 21.9 Å². The van der Waals surface area contributed by atoms with Crippen molar-refractivity contribution in [2.24, 2.45) is 4.99 Å². The number of hydrogen-bond donors (Lipinski definition) is 1. The van der Waals surface area contributed by atoms with Crippen molar-refractivity contribution in [2.45, 2.75) is 0 Å². The Balaban J connectivity index is 1.80. The molecular formula is C18H18ClN3O5S. The fraction of sp³-hybridized carbons (Fsp3) is 0.278. The monoisotopic (exact) mass is 423 g/mol. The molecule has 8 nitrogen and oxygen atoms in total. The van der Waals surface area contributed by atoms with E-state index in [1.54, 1.807) is 24.3 Å². The number of fused-ring (bicyclic) bond motifs is 2. The summed E-state index contributed by atoms with van der Waals surface area (Å²) < 4.78 is 41.4. The van der Waals surface area contributed by atoms with E-state index in [0.717, 1.165) is 37.6 Å². The highest BCUT2D eigenvalue weighted by molar-refractivity contribution is 7.81. The van der Waals surface area contributed by atoms with Crippen molar-refractivity contribution >= 4 is 33.5 Å². The van der Waals surface area contributed by atoms with E-state index in [4.69, 9.17) is 25.9 Å². The van der Waals surface area contributed by atoms with Crippen molar-refractivity contribution in [3.8, 4) is 17.2 Å². The van der Waals surface area contributed by atoms with Gasteiger partial charge in [-0.25, -0.2) is 4.99 Å². The molecule has 4 rings (SSSR count). The van der Waals surface area contributed by atoms with Crippen LogP contribution in [0.5, 0.6) is 17.2 Å². The fourth-order valence-corrected chi connectivity index (χ4v) is 3.68. The van der Waals surface area contributed by atoms with Gasteiger partial charge in [0.15, 0.2) is 5.75 Å². The summed E-state index contributed by atoms with van der Waals surface area (Å²) in [6.07, 6.45) is 0. The highest BCUT2D eigenvalue weighted by atomic mass is 35.5. The number of halogens is 1. The van der Waals surface area contributed by atoms with Crippen molar-refractivity contribution in [1.82, 2.24) is 9.80 Å². The SMILES string of the molecule is CN1CCN(C2=Nc3ccc(OS(=O)(=O)O)cc3Oc3ccc(Cl)cc32)CC1. The van der Waals surface area contributed by atoms with Gasteiger partial charge in [-0.2, -0.15) is 8.42 Å². The molecule has 0 radical (unpaired) electrons. The van der Waals surface area contributed by atoms with Crippen LogP contribution in [0, 0.1) is 0 Å². The first-order valence-corrected chi connectivity index (χ1v) is 10.3. The minimum absolute atomic E-state index is 0.0741. The molecule has 0 spiro atoms. The second kappa shape index (κ2) is 7.25. The maximum absolute atomic E-state index is 11.0. The molecule has 2 aliphatic heterocycles. The molecule has 2 aromatic rings. The lowest BCUT2D eigenvalue weighted by Crippen LogP contribution is -2.47. The Morgan fingerprint density at radius 2 is 1.86 bits per heavy atom. The second-order valence-electron chi connectivity index (χ2n) is 6.61. The van der Waals surface area contributed by atoms with Gasteiger partial charge in [0.1, 0.15) is 23.0 Å². The van der Waals surface area contributed by atoms with Crippen molar-refractivity contribution in [3.63, 3.8) is 0 Å². The third-order valence-electron chi connectivity index (χ3n) is 4.56. The van der Waals surface area contributed by atoms with E-state index in [2.05, 4.69) is 21.0 Å². The molecule has 1 N–H and O–H groups in total. The van der Waals surface area contributed by atoms with E-state index in [1.165, 1.54) is 12.1 Å². The maximum Gasteiger partial charge on any atom is 0.446 e. The predicted octanol–water partition coefficient (Wildman–Crippen LogP) is 2.95. The number of amidine groups is 1. The minimum Gasteiger partial charge on any atom is -0.454 e. The van der Waals surface area contributed by atoms with Gasteiger partial charge < -0.3 is 18.7 Å². The zero-order valence-corrected chi connectivity index (χ0v) is 16.6. The third kappa shape index (κ3) is 4.07. The van der Waals surface area contributed by atoms with Crippen LogP contribution in [-0.2, 0) is 10.4 Å². The molecule has 148 valence electrons. The summed E-state index contributed by atoms with van der Waals surface area (Å²) in [7, 11) is -2.56. The average Bonchev–Trinajstić information content (AvgIpc) is 2.77. The number of ether oxygens (including phenoxy) is 1. The Morgan fingerprint density at radius 1 is 1.11 bits per heavy atom. The van der Waals surface area contributed by atoms with E-state index < -0.39 is 10.4 Å². The summed E-state index contributed by atoms with van der Waals surface area (Å²) in [5.74, 6) is 1.53. The van der Waals surface area contributed by atoms with Crippen LogP contribution in [0.2, 0.25) is 5.02 Å². The van der Waals surface area contributed by atoms with Crippen molar-refractivity contribution in [3.05, 3.63) is 47.0 Å². The fourth-order valence-electron chi connectivity index (χ4n) is 3.16. The molecule has 10 heteroatoms. The van der Waals surface area contributed by atoms with Gasteiger partial charge in [-0.1, -0.05) is 11.6 Å². The number of piperazine rings is 1. The van der Waals surface area contributed by atoms with Gasteiger partial charge in [-0.3, -0.25) is 4.55 Å². The van der Waals surface area contributed by atoms with Gasteiger partial charge in [-0.05, 0) is 37.4 Å². The zero-order chi connectivity index (χ0) is 19.9. The van der Waals surface area contributed by atoms with Crippen LogP contribution in [0.25, 0.3) is 0 Å². The molecule has 0 saturated carbocycles. The number of rotatable bonds is 2. The number of hydrogen-bond acceptors (Lipinski definition) is 7. The molecule has 0 amide bonds. The van der Waals surface area contributed by atoms with Gasteiger partial charge in [0, 0.05) is 37.3 Å². The van der Waals surface area contributed by atoms with Crippen LogP contribution in [0.3, 0.4) is 0 Å². The van der Waals surface area contributed by atoms with E-state index >= 15 is 0 Å². The molecule has 0 bridgehead atoms. The normalized spacial score (nSPS) is 17.1. The molecular weight excluding hydrogens is 406 g/mol. The lowest BCUT2D eigenvalue weighted by Gasteiger charge is -2.34. The summed E-state index contributed by atoms with van der Waals surface area (Å²) in [5, 5.41) is 0.561. The molecule has 2 aromatic carbocycles. The zero-order valence-electron chi connectivity index (χ0n) is 15.0. The lowest BCUT2D eigenvalue weighted by atomic mass is 10.1. The Kier molecular flexibility index (Phi) is 4.92. The van der Waals surface area contributed by atoms with E-state index in [0.29, 0.717) is 22.2 Å². The Hall–Kier alpha value is -2.33. The van der Waals surface area contributed by atoms with E-state index in [9.17, 15) is 8.42 Å². The van der Waals surface area contributed by atoms with Crippen molar-refractivity contribution in [2.75, 3.05) is 33.2 Å². The Morgan fingerprint density at radius 3 is 2.57 bits per heavy atom. The van der Waals surface area contributed by atoms with Gasteiger partial charge in [0.2, 0.25) is 0 Å². The van der Waals surface area contributed by atoms with Crippen LogP contribution in [0.4, 0.5) is 5.69 Å². The molecule has 28 heavy (non-hydrogen) atoms. The van der Waals surface area contributed by atoms with Crippen LogP contribution in [0.15, 0.2) is 41.4 Å². The summed E-state index contributed by atoms with van der Waals surface area (Å²) in [4.78, 5) is 9.20. The van der Waals surface area contributed by atoms with Crippen LogP contribution in [0.1, 0.15) is 5.56 Å². The molecule has 1 fully saturated rings. The van der Waals surface area contributed by atoms with Gasteiger partial charge in [0.05, 0.1) is 5.56 Å². The van der Waals surface area contributed by atoms with Gasteiger partial charge in [-0.15, -0.1) is 0 Å². The van der Waals surface area contributed by atoms with Crippen LogP contribution < -0.4 is 8.92 Å². The first kappa shape index (κ1) is 19.0. The molecule has 1 saturated heterocycles. The predicted molar refractivity (Wildman–Crippen MR) is 105 cm³/mol. The van der Waals surface area contributed by atoms with E-state index in [1.807, 2.05) is 0 Å². The topological polar surface area (TPSA) is 91.7 Å². The van der Waals surface area contributed by atoms with Crippen LogP contribution in [-0.4, -0.2) is 61.8 Å². The maximum atomic E-state index is 11.0. The first-order chi connectivity index (χ1) is 13.3. The summed E-state index contributed by atoms with van der Waals surface area (Å²) in [6.45, 7) is 3.43. The molecule has 2 heterocycles. The molecule has 0 atom stereocenters. The number of aliphatic imine (C=N–C) groups is 1. The molecule has 0 unspecified atom stereocenters. The molecule has 0 aromatic heterocycles. The smallest absolute Gasteiger partial charge is 0.446 e. The van der Waals surface area contributed by atoms with Gasteiger partial charge >= 0.3 is 10.4 Å². The first-order valence-electron chi connectivity index (χ1n) is 8.59. The second-order valence-corrected chi connectivity index (χ2v) is 8.07. The van der Waals surface area contributed by atoms with Crippen molar-refractivity contribution in [1.29, 1.82) is 0 Å². The summed E-state index contributed by atoms with van der Waals surface area (Å²) >= 11 is 6.21. The molecule has 2 aliphatic rings. The largest absolute Gasteiger partial charge is 0.454 e. The average molecular weight is 424 g/mol. The van der Waals surface area contributed by atoms with Crippen LogP contribution >= 0.6 is 11.6 Å². The third-order valence-corrected chi connectivity index (χ3v) is 5.20. The number of likely N-dealkylation sites (N-methyl/N-ethyl adjacent to an activating group) is 1. The van der Waals surface area contributed by atoms with E-state index in [-0.39, 0.29) is 5.75 Å². The molecule has 0 aliphatic carbocycles. The Labute approximate surface area is 167 Å². The number of benzene rings is 2. The summed E-state index contributed by atoms with van der Waals surface area (Å²) in [5.41, 5.74) is 1.27. The Bertz CT molecular complexity index is 1050. The van der Waals surface area contributed by atoms with Gasteiger partial charge in [0.25, 0.3) is 0 Å². The quantitative estimate of drug-likeness (QED) is 0.742. The standard InChI is InChI=1S/C18H18ClN3O5S/c1-21-6-8-22(9-7-21)18-14-10-12(19)2-5-16(14)26-17-11-13(27-28(23,24)25)3-4-15(17)20-18/h2-5,10-11H,6-9H2,1H3,(H,23,24,25). The lowest BCUT2D eigenvalue weighted by molar-refractivity contribution is 0.215. The minimum atomic E-state index is -4.63. The summed E-state index contributed by atoms with van der Waals surface area (Å²) in [6, 6.07) is 9.62.